The van der Waals surface area contributed by atoms with E-state index in [2.05, 4.69) is 180 Å². The molecule has 2 aliphatic rings. The third-order valence-corrected chi connectivity index (χ3v) is 12.0. The van der Waals surface area contributed by atoms with E-state index in [9.17, 15) is 0 Å². The number of fused-ring (bicyclic) bond motifs is 11. The van der Waals surface area contributed by atoms with Gasteiger partial charge in [0.25, 0.3) is 0 Å². The summed E-state index contributed by atoms with van der Waals surface area (Å²) in [7, 11) is 0. The Morgan fingerprint density at radius 1 is 0.490 bits per heavy atom. The lowest BCUT2D eigenvalue weighted by Crippen LogP contribution is -2.18. The Hall–Kier alpha value is -5.60. The molecule has 2 nitrogen and oxygen atoms in total. The monoisotopic (exact) mass is 659 g/mol. The van der Waals surface area contributed by atoms with Crippen molar-refractivity contribution in [2.75, 3.05) is 4.90 Å². The highest BCUT2D eigenvalue weighted by atomic mass is 16.3. The van der Waals surface area contributed by atoms with Gasteiger partial charge in [-0.15, -0.1) is 0 Å². The summed E-state index contributed by atoms with van der Waals surface area (Å²) < 4.78 is 6.72. The molecule has 1 heterocycles. The average molecular weight is 660 g/mol. The Bertz CT molecular complexity index is 2720. The first-order valence-electron chi connectivity index (χ1n) is 18.3. The van der Waals surface area contributed by atoms with Crippen LogP contribution in [-0.4, -0.2) is 0 Å². The highest BCUT2D eigenvalue weighted by molar-refractivity contribution is 6.14. The van der Waals surface area contributed by atoms with Crippen LogP contribution >= 0.6 is 0 Å². The lowest BCUT2D eigenvalue weighted by atomic mass is 9.79. The minimum Gasteiger partial charge on any atom is -0.454 e. The topological polar surface area (TPSA) is 16.4 Å². The maximum absolute atomic E-state index is 6.72. The predicted molar refractivity (Wildman–Crippen MR) is 215 cm³/mol. The van der Waals surface area contributed by atoms with Crippen molar-refractivity contribution in [1.82, 2.24) is 0 Å². The molecule has 0 spiro atoms. The van der Waals surface area contributed by atoms with Crippen molar-refractivity contribution in [1.29, 1.82) is 0 Å². The molecule has 0 saturated carbocycles. The number of anilines is 3. The number of rotatable bonds is 4. The van der Waals surface area contributed by atoms with Crippen molar-refractivity contribution in [3.63, 3.8) is 0 Å². The zero-order valence-corrected chi connectivity index (χ0v) is 30.1. The van der Waals surface area contributed by atoms with Crippen molar-refractivity contribution < 1.29 is 4.42 Å². The minimum absolute atomic E-state index is 0.0617. The summed E-state index contributed by atoms with van der Waals surface area (Å²) in [6, 6.07) is 49.6. The van der Waals surface area contributed by atoms with E-state index in [-0.39, 0.29) is 10.8 Å². The summed E-state index contributed by atoms with van der Waals surface area (Å²) in [4.78, 5) is 2.44. The van der Waals surface area contributed by atoms with Crippen LogP contribution in [0.15, 0.2) is 138 Å². The van der Waals surface area contributed by atoms with Crippen molar-refractivity contribution in [3.8, 4) is 22.3 Å². The molecule has 0 bridgehead atoms. The lowest BCUT2D eigenvalue weighted by molar-refractivity contribution is 0.652. The van der Waals surface area contributed by atoms with Crippen LogP contribution in [0.1, 0.15) is 75.3 Å². The van der Waals surface area contributed by atoms with E-state index in [1.165, 1.54) is 60.8 Å². The van der Waals surface area contributed by atoms with Gasteiger partial charge in [0.1, 0.15) is 5.58 Å². The molecule has 0 amide bonds. The van der Waals surface area contributed by atoms with E-state index in [1.807, 2.05) is 0 Å². The molecule has 0 radical (unpaired) electrons. The Kier molecular flexibility index (Phi) is 6.20. The van der Waals surface area contributed by atoms with E-state index in [0.29, 0.717) is 5.92 Å². The van der Waals surface area contributed by atoms with Gasteiger partial charge < -0.3 is 9.32 Å². The third kappa shape index (κ3) is 4.11. The molecule has 7 aromatic carbocycles. The predicted octanol–water partition coefficient (Wildman–Crippen LogP) is 13.9. The normalized spacial score (nSPS) is 15.0. The van der Waals surface area contributed by atoms with Crippen LogP contribution in [0.3, 0.4) is 0 Å². The molecule has 0 N–H and O–H groups in total. The number of furan rings is 1. The Morgan fingerprint density at radius 2 is 1.12 bits per heavy atom. The summed E-state index contributed by atoms with van der Waals surface area (Å²) >= 11 is 0. The highest BCUT2D eigenvalue weighted by Gasteiger charge is 2.42. The van der Waals surface area contributed by atoms with Crippen LogP contribution in [-0.2, 0) is 10.8 Å². The summed E-state index contributed by atoms with van der Waals surface area (Å²) in [6.07, 6.45) is 0. The lowest BCUT2D eigenvalue weighted by Gasteiger charge is -2.30. The summed E-state index contributed by atoms with van der Waals surface area (Å²) in [5.41, 5.74) is 17.2. The minimum atomic E-state index is -0.210. The first-order valence-corrected chi connectivity index (χ1v) is 18.3. The van der Waals surface area contributed by atoms with Crippen molar-refractivity contribution in [2.45, 2.75) is 58.3 Å². The quantitative estimate of drug-likeness (QED) is 0.187. The van der Waals surface area contributed by atoms with E-state index >= 15 is 0 Å². The van der Waals surface area contributed by atoms with Crippen LogP contribution in [0.5, 0.6) is 0 Å². The van der Waals surface area contributed by atoms with E-state index in [1.54, 1.807) is 0 Å². The smallest absolute Gasteiger partial charge is 0.159 e. The van der Waals surface area contributed by atoms with E-state index in [0.717, 1.165) is 39.0 Å². The highest BCUT2D eigenvalue weighted by Crippen LogP contribution is 2.59. The van der Waals surface area contributed by atoms with Gasteiger partial charge in [0.2, 0.25) is 0 Å². The number of hydrogen-bond acceptors (Lipinski definition) is 2. The summed E-state index contributed by atoms with van der Waals surface area (Å²) in [5, 5.41) is 4.77. The molecule has 1 aromatic heterocycles. The van der Waals surface area contributed by atoms with Crippen LogP contribution in [0.2, 0.25) is 0 Å². The van der Waals surface area contributed by atoms with Crippen molar-refractivity contribution in [3.05, 3.63) is 161 Å². The second-order valence-corrected chi connectivity index (χ2v) is 15.9. The van der Waals surface area contributed by atoms with Gasteiger partial charge in [0.15, 0.2) is 5.58 Å². The zero-order chi connectivity index (χ0) is 34.8. The van der Waals surface area contributed by atoms with Crippen LogP contribution in [0.4, 0.5) is 17.1 Å². The van der Waals surface area contributed by atoms with Gasteiger partial charge in [-0.3, -0.25) is 0 Å². The van der Waals surface area contributed by atoms with Gasteiger partial charge in [-0.05, 0) is 104 Å². The number of hydrogen-bond donors (Lipinski definition) is 0. The van der Waals surface area contributed by atoms with E-state index in [4.69, 9.17) is 4.42 Å². The Labute approximate surface area is 300 Å². The second-order valence-electron chi connectivity index (χ2n) is 15.9. The second kappa shape index (κ2) is 10.5. The van der Waals surface area contributed by atoms with Crippen LogP contribution in [0, 0.1) is 0 Å². The molecule has 2 aliphatic carbocycles. The Morgan fingerprint density at radius 3 is 1.90 bits per heavy atom. The van der Waals surface area contributed by atoms with Gasteiger partial charge in [-0.1, -0.05) is 133 Å². The fourth-order valence-corrected chi connectivity index (χ4v) is 9.27. The van der Waals surface area contributed by atoms with Crippen LogP contribution in [0.25, 0.3) is 55.0 Å². The average Bonchev–Trinajstić information content (AvgIpc) is 3.71. The van der Waals surface area contributed by atoms with Gasteiger partial charge in [0, 0.05) is 32.7 Å². The molecule has 0 aliphatic heterocycles. The molecule has 8 aromatic rings. The Balaban J connectivity index is 1.27. The third-order valence-electron chi connectivity index (χ3n) is 12.0. The van der Waals surface area contributed by atoms with Gasteiger partial charge in [-0.2, -0.15) is 0 Å². The standard InChI is InChI=1S/C49H41NO/c1-29(2)30-22-24-31(25-23-30)50(43-20-13-18-36-34-16-10-12-21-45(34)51-47(36)43)44-28-42-46(35-17-8-7-15-33(35)44)38-27-40-37(26-41(38)49(42,5)6)32-14-9-11-19-39(32)48(40,3)4/h7-29H,1-6H3. The van der Waals surface area contributed by atoms with Crippen molar-refractivity contribution in [2.24, 2.45) is 0 Å². The molecule has 0 unspecified atom stereocenters. The molecule has 248 valence electrons. The fraction of sp³-hybridized carbons (Fsp3) is 0.184. The number of para-hydroxylation sites is 2. The molecular weight excluding hydrogens is 619 g/mol. The molecular formula is C49H41NO. The summed E-state index contributed by atoms with van der Waals surface area (Å²) in [5.74, 6) is 0.449. The largest absolute Gasteiger partial charge is 0.454 e. The fourth-order valence-electron chi connectivity index (χ4n) is 9.27. The van der Waals surface area contributed by atoms with Crippen molar-refractivity contribution >= 4 is 49.8 Å². The molecule has 0 fully saturated rings. The number of benzene rings is 7. The first-order chi connectivity index (χ1) is 24.6. The molecule has 2 heteroatoms. The summed E-state index contributed by atoms with van der Waals surface area (Å²) in [6.45, 7) is 14.1. The van der Waals surface area contributed by atoms with Gasteiger partial charge >= 0.3 is 0 Å². The van der Waals surface area contributed by atoms with Crippen LogP contribution < -0.4 is 4.90 Å². The first kappa shape index (κ1) is 30.2. The molecule has 0 saturated heterocycles. The molecule has 51 heavy (non-hydrogen) atoms. The molecule has 0 atom stereocenters. The van der Waals surface area contributed by atoms with E-state index < -0.39 is 0 Å². The maximum atomic E-state index is 6.72. The maximum Gasteiger partial charge on any atom is 0.159 e. The SMILES string of the molecule is CC(C)c1ccc(N(c2cc3c(c4ccccc24)-c2cc4c(cc2C3(C)C)-c2ccccc2C4(C)C)c2cccc3c2oc2ccccc23)cc1. The van der Waals surface area contributed by atoms with Gasteiger partial charge in [-0.25, -0.2) is 0 Å². The number of nitrogens with zero attached hydrogens (tertiary/aromatic N) is 1. The molecule has 10 rings (SSSR count). The zero-order valence-electron chi connectivity index (χ0n) is 30.1. The van der Waals surface area contributed by atoms with Gasteiger partial charge in [0.05, 0.1) is 11.4 Å².